The molecule has 0 saturated carbocycles. The lowest BCUT2D eigenvalue weighted by molar-refractivity contribution is -0.129. The average molecular weight is 402 g/mol. The standard InChI is InChI=1S/C19H18N2O6S/c1-27-13-5-2-11(3-6-13)8-16-18(23)21(10-17(22)20-26)14-9-12(19(24)25)4-7-15(14)28-16/h2-7,9,16,26H,8,10H2,1H3,(H,20,22)(H,24,25). The summed E-state index contributed by atoms with van der Waals surface area (Å²) in [5.41, 5.74) is 2.78. The maximum Gasteiger partial charge on any atom is 0.335 e. The number of nitrogens with one attached hydrogen (secondary N) is 1. The second kappa shape index (κ2) is 8.32. The molecule has 0 aromatic heterocycles. The van der Waals surface area contributed by atoms with E-state index >= 15 is 0 Å². The number of aromatic carboxylic acids is 1. The van der Waals surface area contributed by atoms with E-state index in [0.717, 1.165) is 5.56 Å². The van der Waals surface area contributed by atoms with E-state index in [-0.39, 0.29) is 11.5 Å². The highest BCUT2D eigenvalue weighted by atomic mass is 32.2. The number of benzene rings is 2. The molecule has 3 N–H and O–H groups in total. The molecule has 1 atom stereocenters. The van der Waals surface area contributed by atoms with Gasteiger partial charge < -0.3 is 14.7 Å². The van der Waals surface area contributed by atoms with Crippen molar-refractivity contribution < 1.29 is 29.4 Å². The molecule has 2 aromatic rings. The van der Waals surface area contributed by atoms with Gasteiger partial charge in [-0.15, -0.1) is 11.8 Å². The number of thioether (sulfide) groups is 1. The third-order valence-corrected chi connectivity index (χ3v) is 5.57. The summed E-state index contributed by atoms with van der Waals surface area (Å²) in [5.74, 6) is -1.53. The van der Waals surface area contributed by atoms with Gasteiger partial charge in [-0.1, -0.05) is 12.1 Å². The number of hydrogen-bond acceptors (Lipinski definition) is 6. The van der Waals surface area contributed by atoms with Crippen LogP contribution in [0.5, 0.6) is 5.75 Å². The number of hydroxylamine groups is 1. The lowest BCUT2D eigenvalue weighted by Crippen LogP contribution is -2.46. The van der Waals surface area contributed by atoms with Crippen LogP contribution in [0.4, 0.5) is 5.69 Å². The van der Waals surface area contributed by atoms with Crippen molar-refractivity contribution in [3.05, 3.63) is 53.6 Å². The van der Waals surface area contributed by atoms with Gasteiger partial charge in [0.05, 0.1) is 23.6 Å². The summed E-state index contributed by atoms with van der Waals surface area (Å²) in [6.45, 7) is -0.412. The number of carbonyl (C=O) groups is 3. The second-order valence-corrected chi connectivity index (χ2v) is 7.35. The Morgan fingerprint density at radius 2 is 1.93 bits per heavy atom. The first-order valence-corrected chi connectivity index (χ1v) is 9.22. The second-order valence-electron chi connectivity index (χ2n) is 6.11. The molecule has 0 fully saturated rings. The molecule has 146 valence electrons. The van der Waals surface area contributed by atoms with Gasteiger partial charge in [-0.3, -0.25) is 14.8 Å². The first-order chi connectivity index (χ1) is 13.4. The highest BCUT2D eigenvalue weighted by molar-refractivity contribution is 8.01. The lowest BCUT2D eigenvalue weighted by Gasteiger charge is -2.33. The van der Waals surface area contributed by atoms with Crippen LogP contribution < -0.4 is 15.1 Å². The van der Waals surface area contributed by atoms with Crippen LogP contribution in [-0.4, -0.2) is 47.0 Å². The molecule has 2 aromatic carbocycles. The Morgan fingerprint density at radius 1 is 1.21 bits per heavy atom. The van der Waals surface area contributed by atoms with E-state index in [0.29, 0.717) is 22.8 Å². The number of amides is 2. The summed E-state index contributed by atoms with van der Waals surface area (Å²) < 4.78 is 5.13. The molecule has 2 amide bonds. The van der Waals surface area contributed by atoms with Gasteiger partial charge in [0.15, 0.2) is 0 Å². The van der Waals surface area contributed by atoms with Crippen LogP contribution in [0.2, 0.25) is 0 Å². The van der Waals surface area contributed by atoms with Gasteiger partial charge in [0, 0.05) is 4.90 Å². The summed E-state index contributed by atoms with van der Waals surface area (Å²) >= 11 is 1.32. The van der Waals surface area contributed by atoms with Crippen LogP contribution in [0, 0.1) is 0 Å². The van der Waals surface area contributed by atoms with E-state index in [1.165, 1.54) is 34.3 Å². The van der Waals surface area contributed by atoms with Gasteiger partial charge in [0.25, 0.3) is 5.91 Å². The quantitative estimate of drug-likeness (QED) is 0.499. The van der Waals surface area contributed by atoms with Crippen molar-refractivity contribution in [2.45, 2.75) is 16.6 Å². The SMILES string of the molecule is COc1ccc(CC2Sc3ccc(C(=O)O)cc3N(CC(=O)NO)C2=O)cc1. The fourth-order valence-electron chi connectivity index (χ4n) is 2.90. The van der Waals surface area contributed by atoms with Crippen molar-refractivity contribution in [2.24, 2.45) is 0 Å². The Labute approximate surface area is 165 Å². The number of rotatable bonds is 6. The minimum Gasteiger partial charge on any atom is -0.497 e. The predicted molar refractivity (Wildman–Crippen MR) is 102 cm³/mol. The van der Waals surface area contributed by atoms with Gasteiger partial charge in [0.1, 0.15) is 12.3 Å². The lowest BCUT2D eigenvalue weighted by atomic mass is 10.1. The topological polar surface area (TPSA) is 116 Å². The number of carboxylic acid groups (broad SMARTS) is 1. The maximum atomic E-state index is 13.0. The molecule has 3 rings (SSSR count). The Balaban J connectivity index is 1.92. The van der Waals surface area contributed by atoms with Crippen LogP contribution in [0.15, 0.2) is 47.4 Å². The molecule has 0 bridgehead atoms. The highest BCUT2D eigenvalue weighted by Crippen LogP contribution is 2.41. The zero-order valence-corrected chi connectivity index (χ0v) is 15.7. The molecule has 0 saturated heterocycles. The van der Waals surface area contributed by atoms with Crippen LogP contribution in [0.1, 0.15) is 15.9 Å². The van der Waals surface area contributed by atoms with Gasteiger partial charge in [-0.25, -0.2) is 10.3 Å². The molecule has 1 aliphatic heterocycles. The van der Waals surface area contributed by atoms with Crippen molar-refractivity contribution in [2.75, 3.05) is 18.6 Å². The predicted octanol–water partition coefficient (Wildman–Crippen LogP) is 1.95. The summed E-state index contributed by atoms with van der Waals surface area (Å²) in [6, 6.07) is 11.8. The molecule has 0 spiro atoms. The molecular weight excluding hydrogens is 384 g/mol. The zero-order valence-electron chi connectivity index (χ0n) is 14.9. The third-order valence-electron chi connectivity index (χ3n) is 4.31. The Morgan fingerprint density at radius 3 is 2.54 bits per heavy atom. The number of methoxy groups -OCH3 is 1. The number of nitrogens with zero attached hydrogens (tertiary/aromatic N) is 1. The van der Waals surface area contributed by atoms with Gasteiger partial charge in [-0.05, 0) is 42.3 Å². The highest BCUT2D eigenvalue weighted by Gasteiger charge is 2.35. The zero-order chi connectivity index (χ0) is 20.3. The van der Waals surface area contributed by atoms with Crippen LogP contribution in [0.3, 0.4) is 0 Å². The van der Waals surface area contributed by atoms with Crippen molar-refractivity contribution >= 4 is 35.2 Å². The average Bonchev–Trinajstić information content (AvgIpc) is 2.71. The van der Waals surface area contributed by atoms with E-state index < -0.39 is 23.7 Å². The Hall–Kier alpha value is -3.04. The maximum absolute atomic E-state index is 13.0. The number of carboxylic acids is 1. The summed E-state index contributed by atoms with van der Waals surface area (Å²) in [4.78, 5) is 37.9. The molecule has 0 radical (unpaired) electrons. The fraction of sp³-hybridized carbons (Fsp3) is 0.211. The number of hydrogen-bond donors (Lipinski definition) is 3. The first-order valence-electron chi connectivity index (χ1n) is 8.34. The molecule has 1 aliphatic rings. The Kier molecular flexibility index (Phi) is 5.86. The van der Waals surface area contributed by atoms with Gasteiger partial charge in [-0.2, -0.15) is 0 Å². The van der Waals surface area contributed by atoms with E-state index in [2.05, 4.69) is 0 Å². The van der Waals surface area contributed by atoms with Crippen molar-refractivity contribution in [1.82, 2.24) is 5.48 Å². The largest absolute Gasteiger partial charge is 0.497 e. The molecule has 28 heavy (non-hydrogen) atoms. The smallest absolute Gasteiger partial charge is 0.335 e. The summed E-state index contributed by atoms with van der Waals surface area (Å²) in [5, 5.41) is 17.6. The van der Waals surface area contributed by atoms with E-state index in [1.54, 1.807) is 25.3 Å². The van der Waals surface area contributed by atoms with E-state index in [1.807, 2.05) is 12.1 Å². The minimum absolute atomic E-state index is 0.00941. The minimum atomic E-state index is -1.13. The molecule has 1 unspecified atom stereocenters. The van der Waals surface area contributed by atoms with Gasteiger partial charge in [0.2, 0.25) is 5.91 Å². The normalized spacial score (nSPS) is 15.7. The number of fused-ring (bicyclic) bond motifs is 1. The van der Waals surface area contributed by atoms with Crippen LogP contribution in [0.25, 0.3) is 0 Å². The number of ether oxygens (including phenoxy) is 1. The first kappa shape index (κ1) is 19.7. The monoisotopic (exact) mass is 402 g/mol. The summed E-state index contributed by atoms with van der Waals surface area (Å²) in [7, 11) is 1.57. The number of carbonyl (C=O) groups excluding carboxylic acids is 2. The summed E-state index contributed by atoms with van der Waals surface area (Å²) in [6.07, 6.45) is 0.421. The molecular formula is C19H18N2O6S. The molecule has 1 heterocycles. The van der Waals surface area contributed by atoms with Crippen molar-refractivity contribution in [1.29, 1.82) is 0 Å². The van der Waals surface area contributed by atoms with Crippen molar-refractivity contribution in [3.8, 4) is 5.75 Å². The van der Waals surface area contributed by atoms with Gasteiger partial charge >= 0.3 is 5.97 Å². The van der Waals surface area contributed by atoms with Crippen LogP contribution >= 0.6 is 11.8 Å². The Bertz CT molecular complexity index is 915. The van der Waals surface area contributed by atoms with E-state index in [9.17, 15) is 19.5 Å². The van der Waals surface area contributed by atoms with Crippen molar-refractivity contribution in [3.63, 3.8) is 0 Å². The molecule has 8 nitrogen and oxygen atoms in total. The number of anilines is 1. The van der Waals surface area contributed by atoms with E-state index in [4.69, 9.17) is 9.94 Å². The van der Waals surface area contributed by atoms with Crippen LogP contribution in [-0.2, 0) is 16.0 Å². The third kappa shape index (κ3) is 4.10. The fourth-order valence-corrected chi connectivity index (χ4v) is 4.15. The molecule has 0 aliphatic carbocycles. The molecule has 9 heteroatoms.